The van der Waals surface area contributed by atoms with Crippen molar-refractivity contribution in [2.45, 2.75) is 36.6 Å². The minimum Gasteiger partial charge on any atom is -0.343 e. The second-order valence-electron chi connectivity index (χ2n) is 9.87. The van der Waals surface area contributed by atoms with Crippen LogP contribution in [0, 0.1) is 5.82 Å². The second-order valence-corrected chi connectivity index (χ2v) is 13.9. The fourth-order valence-electron chi connectivity index (χ4n) is 5.01. The molecule has 1 amide bonds. The van der Waals surface area contributed by atoms with Crippen molar-refractivity contribution in [3.05, 3.63) is 72.9 Å². The lowest BCUT2D eigenvalue weighted by Gasteiger charge is -2.32. The summed E-state index contributed by atoms with van der Waals surface area (Å²) in [6, 6.07) is 12.1. The number of likely N-dealkylation sites (tertiary alicyclic amines) is 1. The Bertz CT molecular complexity index is 1720. The van der Waals surface area contributed by atoms with E-state index in [0.717, 1.165) is 3.97 Å². The Morgan fingerprint density at radius 3 is 2.44 bits per heavy atom. The smallest absolute Gasteiger partial charge is 0.268 e. The highest BCUT2D eigenvalue weighted by molar-refractivity contribution is 7.90. The fraction of sp³-hybridized carbons (Fsp3) is 0.333. The van der Waals surface area contributed by atoms with Crippen LogP contribution in [-0.2, 0) is 24.7 Å². The third-order valence-corrected chi connectivity index (χ3v) is 9.76. The minimum absolute atomic E-state index is 0.000960. The molecule has 12 heteroatoms. The number of piperidine rings is 1. The molecule has 9 nitrogen and oxygen atoms in total. The Morgan fingerprint density at radius 2 is 1.74 bits per heavy atom. The van der Waals surface area contributed by atoms with Gasteiger partial charge < -0.3 is 4.90 Å². The summed E-state index contributed by atoms with van der Waals surface area (Å²) in [5, 5.41) is 5.12. The van der Waals surface area contributed by atoms with E-state index in [2.05, 4.69) is 5.10 Å². The average Bonchev–Trinajstić information content (AvgIpc) is 3.54. The van der Waals surface area contributed by atoms with Gasteiger partial charge in [0, 0.05) is 54.7 Å². The first-order chi connectivity index (χ1) is 18.5. The molecule has 0 saturated carbocycles. The molecule has 206 valence electrons. The number of fused-ring (bicyclic) bond motifs is 1. The van der Waals surface area contributed by atoms with Crippen LogP contribution in [0.2, 0.25) is 0 Å². The SMILES string of the molecule is CS(=O)(=O)CCCC(=O)N1CCC(n2cc(-c3cn(S(=O)(=O)c4ccccc4)c4cc(F)ccc34)cn2)CC1. The number of sulfone groups is 1. The number of carbonyl (C=O) groups is 1. The Morgan fingerprint density at radius 1 is 1.03 bits per heavy atom. The highest BCUT2D eigenvalue weighted by atomic mass is 32.2. The third-order valence-electron chi connectivity index (χ3n) is 7.04. The molecule has 1 aliphatic heterocycles. The van der Waals surface area contributed by atoms with E-state index in [4.69, 9.17) is 0 Å². The van der Waals surface area contributed by atoms with Crippen molar-refractivity contribution in [1.29, 1.82) is 0 Å². The molecule has 2 aromatic carbocycles. The maximum Gasteiger partial charge on any atom is 0.268 e. The standard InChI is InChI=1S/C27H29FN4O5S2/c1-38(34,35)15-5-8-27(33)30-13-11-22(12-14-30)31-18-20(17-29-31)25-19-32(26-16-21(28)9-10-24(25)26)39(36,37)23-6-3-2-4-7-23/h2-4,6-7,9-10,16-19,22H,5,8,11-15H2,1H3. The normalized spacial score (nSPS) is 15.2. The molecule has 0 unspecified atom stereocenters. The maximum absolute atomic E-state index is 14.2. The molecule has 0 spiro atoms. The zero-order valence-corrected chi connectivity index (χ0v) is 23.0. The van der Waals surface area contributed by atoms with Crippen LogP contribution in [0.5, 0.6) is 0 Å². The molecule has 1 saturated heterocycles. The summed E-state index contributed by atoms with van der Waals surface area (Å²) in [5.74, 6) is -0.580. The van der Waals surface area contributed by atoms with E-state index < -0.39 is 25.7 Å². The van der Waals surface area contributed by atoms with E-state index in [1.54, 1.807) is 35.4 Å². The van der Waals surface area contributed by atoms with Crippen molar-refractivity contribution in [3.8, 4) is 11.1 Å². The van der Waals surface area contributed by atoms with E-state index >= 15 is 0 Å². The van der Waals surface area contributed by atoms with Crippen molar-refractivity contribution in [2.24, 2.45) is 0 Å². The van der Waals surface area contributed by atoms with Crippen LogP contribution < -0.4 is 0 Å². The van der Waals surface area contributed by atoms with Crippen LogP contribution in [-0.4, -0.2) is 66.5 Å². The van der Waals surface area contributed by atoms with Crippen LogP contribution >= 0.6 is 0 Å². The predicted molar refractivity (Wildman–Crippen MR) is 146 cm³/mol. The molecule has 0 atom stereocenters. The Labute approximate surface area is 226 Å². The van der Waals surface area contributed by atoms with E-state index in [1.807, 2.05) is 10.9 Å². The number of carbonyl (C=O) groups excluding carboxylic acids is 1. The molecular formula is C27H29FN4O5S2. The number of halogens is 1. The lowest BCUT2D eigenvalue weighted by molar-refractivity contribution is -0.132. The summed E-state index contributed by atoms with van der Waals surface area (Å²) in [6.07, 6.45) is 8.09. The first-order valence-corrected chi connectivity index (χ1v) is 16.1. The minimum atomic E-state index is -3.96. The van der Waals surface area contributed by atoms with Gasteiger partial charge in [0.1, 0.15) is 15.7 Å². The summed E-state index contributed by atoms with van der Waals surface area (Å²) in [6.45, 7) is 1.09. The zero-order valence-electron chi connectivity index (χ0n) is 21.4. The highest BCUT2D eigenvalue weighted by Gasteiger charge is 2.26. The summed E-state index contributed by atoms with van der Waals surface area (Å²) < 4.78 is 66.6. The lowest BCUT2D eigenvalue weighted by Crippen LogP contribution is -2.39. The molecule has 0 aliphatic carbocycles. The van der Waals surface area contributed by atoms with Crippen molar-refractivity contribution < 1.29 is 26.0 Å². The van der Waals surface area contributed by atoms with Gasteiger partial charge in [-0.2, -0.15) is 5.10 Å². The first-order valence-electron chi connectivity index (χ1n) is 12.6. The Kier molecular flexibility index (Phi) is 7.34. The van der Waals surface area contributed by atoms with Crippen LogP contribution in [0.15, 0.2) is 72.0 Å². The number of rotatable bonds is 8. The fourth-order valence-corrected chi connectivity index (χ4v) is 7.06. The zero-order chi connectivity index (χ0) is 27.8. The topological polar surface area (TPSA) is 111 Å². The predicted octanol–water partition coefficient (Wildman–Crippen LogP) is 3.87. The molecular weight excluding hydrogens is 543 g/mol. The number of nitrogens with zero attached hydrogens (tertiary/aromatic N) is 4. The van der Waals surface area contributed by atoms with Gasteiger partial charge in [-0.3, -0.25) is 9.48 Å². The summed E-state index contributed by atoms with van der Waals surface area (Å²) in [7, 11) is -7.05. The van der Waals surface area contributed by atoms with Crippen LogP contribution in [0.1, 0.15) is 31.7 Å². The second kappa shape index (κ2) is 10.6. The molecule has 0 radical (unpaired) electrons. The quantitative estimate of drug-likeness (QED) is 0.317. The van der Waals surface area contributed by atoms with Crippen LogP contribution in [0.3, 0.4) is 0 Å². The summed E-state index contributed by atoms with van der Waals surface area (Å²) in [5.41, 5.74) is 1.56. The van der Waals surface area contributed by atoms with Crippen molar-refractivity contribution in [2.75, 3.05) is 25.1 Å². The van der Waals surface area contributed by atoms with E-state index in [0.29, 0.717) is 48.9 Å². The van der Waals surface area contributed by atoms with E-state index in [9.17, 15) is 26.0 Å². The number of hydrogen-bond donors (Lipinski definition) is 0. The summed E-state index contributed by atoms with van der Waals surface area (Å²) in [4.78, 5) is 14.3. The van der Waals surface area contributed by atoms with Crippen molar-refractivity contribution >= 4 is 36.7 Å². The van der Waals surface area contributed by atoms with Crippen molar-refractivity contribution in [1.82, 2.24) is 18.7 Å². The lowest BCUT2D eigenvalue weighted by atomic mass is 10.0. The van der Waals surface area contributed by atoms with Gasteiger partial charge in [0.25, 0.3) is 10.0 Å². The van der Waals surface area contributed by atoms with Gasteiger partial charge in [0.2, 0.25) is 5.91 Å². The number of hydrogen-bond acceptors (Lipinski definition) is 6. The van der Waals surface area contributed by atoms with Gasteiger partial charge in [0.15, 0.2) is 0 Å². The average molecular weight is 573 g/mol. The largest absolute Gasteiger partial charge is 0.343 e. The number of benzene rings is 2. The van der Waals surface area contributed by atoms with Crippen LogP contribution in [0.25, 0.3) is 22.0 Å². The van der Waals surface area contributed by atoms with Gasteiger partial charge >= 0.3 is 0 Å². The van der Waals surface area contributed by atoms with Crippen LogP contribution in [0.4, 0.5) is 4.39 Å². The number of aromatic nitrogens is 3. The molecule has 0 N–H and O–H groups in total. The molecule has 39 heavy (non-hydrogen) atoms. The Balaban J connectivity index is 1.36. The summed E-state index contributed by atoms with van der Waals surface area (Å²) >= 11 is 0. The maximum atomic E-state index is 14.2. The molecule has 3 heterocycles. The van der Waals surface area contributed by atoms with Gasteiger partial charge in [-0.05, 0) is 49.6 Å². The molecule has 5 rings (SSSR count). The van der Waals surface area contributed by atoms with Gasteiger partial charge in [-0.25, -0.2) is 25.2 Å². The number of amides is 1. The highest BCUT2D eigenvalue weighted by Crippen LogP contribution is 2.34. The van der Waals surface area contributed by atoms with Gasteiger partial charge in [-0.15, -0.1) is 0 Å². The first kappa shape index (κ1) is 27.1. The monoisotopic (exact) mass is 572 g/mol. The Hall–Kier alpha value is -3.51. The van der Waals surface area contributed by atoms with E-state index in [1.165, 1.54) is 36.7 Å². The van der Waals surface area contributed by atoms with Gasteiger partial charge in [0.05, 0.1) is 28.4 Å². The van der Waals surface area contributed by atoms with E-state index in [-0.39, 0.29) is 34.5 Å². The molecule has 1 aliphatic rings. The van der Waals surface area contributed by atoms with Gasteiger partial charge in [-0.1, -0.05) is 18.2 Å². The van der Waals surface area contributed by atoms with Crippen molar-refractivity contribution in [3.63, 3.8) is 0 Å². The molecule has 2 aromatic heterocycles. The molecule has 1 fully saturated rings. The molecule has 0 bridgehead atoms. The third kappa shape index (κ3) is 5.76. The molecule has 4 aromatic rings.